The fraction of sp³-hybridized carbons (Fsp3) is 0.100. The van der Waals surface area contributed by atoms with Gasteiger partial charge in [-0.25, -0.2) is 9.78 Å². The molecule has 1 aliphatic heterocycles. The number of carbonyl (C=O) groups is 3. The van der Waals surface area contributed by atoms with E-state index in [0.29, 0.717) is 27.1 Å². The van der Waals surface area contributed by atoms with Gasteiger partial charge in [0.05, 0.1) is 7.11 Å². The number of ether oxygens (including phenoxy) is 1. The summed E-state index contributed by atoms with van der Waals surface area (Å²) >= 11 is 1.27. The summed E-state index contributed by atoms with van der Waals surface area (Å²) in [5, 5.41) is 3.18. The Labute approximate surface area is 158 Å². The Morgan fingerprint density at radius 3 is 2.67 bits per heavy atom. The molecule has 0 saturated carbocycles. The molecule has 0 bridgehead atoms. The van der Waals surface area contributed by atoms with Crippen LogP contribution in [0.5, 0.6) is 0 Å². The second kappa shape index (κ2) is 6.44. The Morgan fingerprint density at radius 1 is 1.19 bits per heavy atom. The molecule has 1 aliphatic rings. The number of hydrogen-bond acceptors (Lipinski definition) is 6. The summed E-state index contributed by atoms with van der Waals surface area (Å²) in [4.78, 5) is 41.9. The highest BCUT2D eigenvalue weighted by molar-refractivity contribution is 7.20. The first kappa shape index (κ1) is 17.1. The van der Waals surface area contributed by atoms with Crippen LogP contribution in [0.2, 0.25) is 0 Å². The minimum Gasteiger partial charge on any atom is -0.465 e. The molecule has 7 heteroatoms. The molecule has 0 atom stereocenters. The third kappa shape index (κ3) is 2.82. The summed E-state index contributed by atoms with van der Waals surface area (Å²) in [7, 11) is 1.34. The number of benzene rings is 1. The van der Waals surface area contributed by atoms with Crippen LogP contribution in [-0.4, -0.2) is 29.9 Å². The Morgan fingerprint density at radius 2 is 1.93 bits per heavy atom. The van der Waals surface area contributed by atoms with Crippen molar-refractivity contribution in [2.45, 2.75) is 6.92 Å². The number of fused-ring (bicyclic) bond motifs is 2. The summed E-state index contributed by atoms with van der Waals surface area (Å²) in [6.07, 6.45) is 3.33. The largest absolute Gasteiger partial charge is 0.465 e. The van der Waals surface area contributed by atoms with Gasteiger partial charge in [-0.3, -0.25) is 14.9 Å². The van der Waals surface area contributed by atoms with E-state index in [1.54, 1.807) is 36.5 Å². The van der Waals surface area contributed by atoms with E-state index in [1.807, 2.05) is 13.0 Å². The van der Waals surface area contributed by atoms with Crippen LogP contribution >= 0.6 is 11.3 Å². The maximum atomic E-state index is 12.4. The lowest BCUT2D eigenvalue weighted by atomic mass is 9.93. The Bertz CT molecular complexity index is 1160. The lowest BCUT2D eigenvalue weighted by molar-refractivity contribution is -0.114. The van der Waals surface area contributed by atoms with Gasteiger partial charge in [0.1, 0.15) is 9.71 Å². The number of esters is 1. The lowest BCUT2D eigenvalue weighted by Crippen LogP contribution is -2.36. The Balaban J connectivity index is 1.84. The number of pyridine rings is 1. The normalized spacial score (nSPS) is 15.0. The van der Waals surface area contributed by atoms with Gasteiger partial charge in [-0.1, -0.05) is 18.2 Å². The van der Waals surface area contributed by atoms with Crippen LogP contribution in [0, 0.1) is 6.92 Å². The van der Waals surface area contributed by atoms with Gasteiger partial charge < -0.3 is 4.74 Å². The molecule has 0 radical (unpaired) electrons. The molecule has 134 valence electrons. The summed E-state index contributed by atoms with van der Waals surface area (Å²) in [5.41, 5.74) is 2.93. The molecule has 4 rings (SSSR count). The zero-order valence-corrected chi connectivity index (χ0v) is 15.3. The van der Waals surface area contributed by atoms with Gasteiger partial charge >= 0.3 is 5.97 Å². The SMILES string of the molecule is COC(=O)c1sc2ncc(C=C3C(=O)NC(=O)c4ccccc43)cc2c1C. The van der Waals surface area contributed by atoms with E-state index in [0.717, 1.165) is 15.8 Å². The van der Waals surface area contributed by atoms with Crippen molar-refractivity contribution in [3.05, 3.63) is 63.7 Å². The highest BCUT2D eigenvalue weighted by atomic mass is 32.1. The van der Waals surface area contributed by atoms with E-state index in [4.69, 9.17) is 4.74 Å². The second-order valence-electron chi connectivity index (χ2n) is 6.06. The molecule has 3 aromatic rings. The first-order valence-corrected chi connectivity index (χ1v) is 8.95. The quantitative estimate of drug-likeness (QED) is 0.420. The van der Waals surface area contributed by atoms with E-state index in [1.165, 1.54) is 18.4 Å². The van der Waals surface area contributed by atoms with Gasteiger partial charge in [0.15, 0.2) is 0 Å². The van der Waals surface area contributed by atoms with E-state index >= 15 is 0 Å². The number of aromatic nitrogens is 1. The highest BCUT2D eigenvalue weighted by Crippen LogP contribution is 2.32. The van der Waals surface area contributed by atoms with E-state index in [-0.39, 0.29) is 0 Å². The number of methoxy groups -OCH3 is 1. The topological polar surface area (TPSA) is 85.4 Å². The molecular weight excluding hydrogens is 364 g/mol. The molecule has 2 aromatic heterocycles. The zero-order chi connectivity index (χ0) is 19.1. The number of thiophene rings is 1. The Hall–Kier alpha value is -3.32. The number of hydrogen-bond donors (Lipinski definition) is 1. The molecule has 1 N–H and O–H groups in total. The fourth-order valence-corrected chi connectivity index (χ4v) is 4.12. The molecular formula is C20H14N2O4S. The predicted molar refractivity (Wildman–Crippen MR) is 102 cm³/mol. The van der Waals surface area contributed by atoms with Crippen LogP contribution in [0.4, 0.5) is 0 Å². The molecule has 0 unspecified atom stereocenters. The van der Waals surface area contributed by atoms with Crippen molar-refractivity contribution in [1.82, 2.24) is 10.3 Å². The smallest absolute Gasteiger partial charge is 0.348 e. The molecule has 0 spiro atoms. The van der Waals surface area contributed by atoms with Crippen LogP contribution in [0.25, 0.3) is 21.9 Å². The number of carbonyl (C=O) groups excluding carboxylic acids is 3. The molecule has 0 saturated heterocycles. The number of nitrogens with one attached hydrogen (secondary N) is 1. The van der Waals surface area contributed by atoms with Gasteiger partial charge in [-0.05, 0) is 41.8 Å². The first-order valence-electron chi connectivity index (χ1n) is 8.14. The van der Waals surface area contributed by atoms with Crippen LogP contribution in [0.1, 0.15) is 36.7 Å². The van der Waals surface area contributed by atoms with Crippen molar-refractivity contribution in [2.75, 3.05) is 7.11 Å². The minimum absolute atomic E-state index is 0.394. The van der Waals surface area contributed by atoms with Crippen molar-refractivity contribution < 1.29 is 19.1 Å². The summed E-state index contributed by atoms with van der Waals surface area (Å²) < 4.78 is 4.81. The molecule has 1 aromatic carbocycles. The first-order chi connectivity index (χ1) is 13.0. The molecule has 0 fully saturated rings. The summed E-state index contributed by atoms with van der Waals surface area (Å²) in [6, 6.07) is 8.83. The standard InChI is InChI=1S/C20H14N2O4S/c1-10-14-7-11(9-21-19(14)27-16(10)20(25)26-2)8-15-12-5-3-4-6-13(12)17(23)22-18(15)24/h3-9H,1-2H3,(H,22,23,24). The van der Waals surface area contributed by atoms with Crippen molar-refractivity contribution in [3.63, 3.8) is 0 Å². The monoisotopic (exact) mass is 378 g/mol. The van der Waals surface area contributed by atoms with Crippen molar-refractivity contribution >= 4 is 51.0 Å². The fourth-order valence-electron chi connectivity index (χ4n) is 3.07. The molecule has 27 heavy (non-hydrogen) atoms. The summed E-state index contributed by atoms with van der Waals surface area (Å²) in [6.45, 7) is 1.84. The van der Waals surface area contributed by atoms with Gasteiger partial charge in [-0.15, -0.1) is 11.3 Å². The number of amides is 2. The van der Waals surface area contributed by atoms with Crippen LogP contribution < -0.4 is 5.32 Å². The highest BCUT2D eigenvalue weighted by Gasteiger charge is 2.26. The summed E-state index contributed by atoms with van der Waals surface area (Å²) in [5.74, 6) is -1.25. The predicted octanol–water partition coefficient (Wildman–Crippen LogP) is 3.20. The van der Waals surface area contributed by atoms with E-state index < -0.39 is 17.8 Å². The minimum atomic E-state index is -0.448. The van der Waals surface area contributed by atoms with Crippen molar-refractivity contribution in [2.24, 2.45) is 0 Å². The molecule has 2 amide bonds. The van der Waals surface area contributed by atoms with Crippen LogP contribution in [0.15, 0.2) is 36.5 Å². The number of aryl methyl sites for hydroxylation is 1. The van der Waals surface area contributed by atoms with Crippen molar-refractivity contribution in [1.29, 1.82) is 0 Å². The lowest BCUT2D eigenvalue weighted by Gasteiger charge is -2.17. The molecule has 0 aliphatic carbocycles. The maximum absolute atomic E-state index is 12.4. The average molecular weight is 378 g/mol. The van der Waals surface area contributed by atoms with Crippen LogP contribution in [-0.2, 0) is 9.53 Å². The van der Waals surface area contributed by atoms with Gasteiger partial charge in [0.2, 0.25) is 0 Å². The van der Waals surface area contributed by atoms with Crippen molar-refractivity contribution in [3.8, 4) is 0 Å². The number of rotatable bonds is 2. The number of nitrogens with zero attached hydrogens (tertiary/aromatic N) is 1. The second-order valence-corrected chi connectivity index (χ2v) is 7.06. The third-order valence-electron chi connectivity index (χ3n) is 4.43. The number of imide groups is 1. The Kier molecular flexibility index (Phi) is 4.08. The van der Waals surface area contributed by atoms with Gasteiger partial charge in [-0.2, -0.15) is 0 Å². The molecule has 6 nitrogen and oxygen atoms in total. The van der Waals surface area contributed by atoms with Gasteiger partial charge in [0, 0.05) is 22.7 Å². The molecule has 3 heterocycles. The average Bonchev–Trinajstić information content (AvgIpc) is 3.01. The maximum Gasteiger partial charge on any atom is 0.348 e. The van der Waals surface area contributed by atoms with E-state index in [2.05, 4.69) is 10.3 Å². The van der Waals surface area contributed by atoms with E-state index in [9.17, 15) is 14.4 Å². The third-order valence-corrected chi connectivity index (χ3v) is 5.63. The van der Waals surface area contributed by atoms with Crippen LogP contribution in [0.3, 0.4) is 0 Å². The zero-order valence-electron chi connectivity index (χ0n) is 14.5. The van der Waals surface area contributed by atoms with Gasteiger partial charge in [0.25, 0.3) is 11.8 Å².